The molecular weight excluding hydrogens is 578 g/mol. The van der Waals surface area contributed by atoms with Gasteiger partial charge in [0, 0.05) is 24.5 Å². The number of carbonyl (C=O) groups excluding carboxylic acids is 3. The number of nitrogens with one attached hydrogen (secondary N) is 3. The zero-order valence-corrected chi connectivity index (χ0v) is 28.0. The summed E-state index contributed by atoms with van der Waals surface area (Å²) in [7, 11) is 3.24. The highest BCUT2D eigenvalue weighted by molar-refractivity contribution is 5.96. The third-order valence-electron chi connectivity index (χ3n) is 7.91. The largest absolute Gasteiger partial charge is 0.481 e. The molecule has 0 saturated carbocycles. The zero-order chi connectivity index (χ0) is 34.9. The molecule has 45 heavy (non-hydrogen) atoms. The first-order chi connectivity index (χ1) is 20.7. The van der Waals surface area contributed by atoms with E-state index in [9.17, 15) is 34.3 Å². The number of rotatable bonds is 15. The Hall–Kier alpha value is -4.24. The van der Waals surface area contributed by atoms with Gasteiger partial charge in [-0.1, -0.05) is 66.7 Å². The molecule has 0 saturated heterocycles. The van der Waals surface area contributed by atoms with Crippen molar-refractivity contribution < 1.29 is 34.2 Å². The van der Waals surface area contributed by atoms with Gasteiger partial charge in [-0.15, -0.1) is 0 Å². The molecule has 0 bridgehead atoms. The number of benzene rings is 1. The second-order valence-corrected chi connectivity index (χ2v) is 13.3. The third-order valence-corrected chi connectivity index (χ3v) is 7.91. The molecule has 3 amide bonds. The number of amides is 3. The van der Waals surface area contributed by atoms with Crippen molar-refractivity contribution in [2.24, 2.45) is 11.3 Å². The van der Waals surface area contributed by atoms with Crippen molar-refractivity contribution in [2.75, 3.05) is 14.1 Å². The summed E-state index contributed by atoms with van der Waals surface area (Å²) in [4.78, 5) is 64.6. The monoisotopic (exact) mass is 627 g/mol. The first-order valence-corrected chi connectivity index (χ1v) is 14.9. The van der Waals surface area contributed by atoms with Gasteiger partial charge in [0.2, 0.25) is 17.7 Å². The number of carboxylic acid groups (broad SMARTS) is 2. The summed E-state index contributed by atoms with van der Waals surface area (Å²) in [5.41, 5.74) is -0.0624. The molecule has 5 N–H and O–H groups in total. The molecule has 4 atom stereocenters. The van der Waals surface area contributed by atoms with E-state index >= 15 is 0 Å². The molecule has 0 aliphatic heterocycles. The van der Waals surface area contributed by atoms with Gasteiger partial charge >= 0.3 is 11.9 Å². The van der Waals surface area contributed by atoms with E-state index in [0.29, 0.717) is 5.56 Å². The van der Waals surface area contributed by atoms with Crippen LogP contribution in [0.3, 0.4) is 0 Å². The van der Waals surface area contributed by atoms with E-state index in [-0.39, 0.29) is 23.8 Å². The topological polar surface area (TPSA) is 189 Å². The van der Waals surface area contributed by atoms with Gasteiger partial charge in [0.05, 0.1) is 23.7 Å². The van der Waals surface area contributed by atoms with Crippen molar-refractivity contribution in [1.82, 2.24) is 20.9 Å². The minimum Gasteiger partial charge on any atom is -0.481 e. The second kappa shape index (κ2) is 16.2. The Morgan fingerprint density at radius 2 is 1.62 bits per heavy atom. The van der Waals surface area contributed by atoms with Gasteiger partial charge in [-0.2, -0.15) is 5.26 Å². The van der Waals surface area contributed by atoms with Crippen molar-refractivity contribution in [2.45, 2.75) is 97.8 Å². The minimum absolute atomic E-state index is 0.155. The third kappa shape index (κ3) is 10.7. The van der Waals surface area contributed by atoms with Crippen LogP contribution in [0.15, 0.2) is 35.9 Å². The highest BCUT2D eigenvalue weighted by Gasteiger charge is 2.41. The predicted octanol–water partition coefficient (Wildman–Crippen LogP) is 2.82. The number of carboxylic acids is 2. The Morgan fingerprint density at radius 1 is 1.02 bits per heavy atom. The van der Waals surface area contributed by atoms with Gasteiger partial charge in [-0.25, -0.2) is 4.79 Å². The highest BCUT2D eigenvalue weighted by Crippen LogP contribution is 2.29. The summed E-state index contributed by atoms with van der Waals surface area (Å²) >= 11 is 0. The number of hydrogen-bond acceptors (Lipinski definition) is 7. The lowest BCUT2D eigenvalue weighted by atomic mass is 9.76. The molecule has 1 aromatic rings. The molecule has 12 nitrogen and oxygen atoms in total. The number of hydrogen-bond donors (Lipinski definition) is 5. The van der Waals surface area contributed by atoms with Crippen LogP contribution in [0.5, 0.6) is 0 Å². The first-order valence-electron chi connectivity index (χ1n) is 14.9. The molecule has 0 heterocycles. The standard InChI is InChI=1S/C33H49N5O7/c1-19(2)24(16-20(3)28(41)36-23(31(44)45)14-15-25(39)40)38(10)30(43)27(32(4,5)6)37-29(42)26(35-9)33(7,8)22-13-11-12-21(17-22)18-34/h11-13,16-17,19,23-24,26-27,35H,14-15H2,1-10H3,(H,36,41)(H,37,42)(H,39,40)(H,44,45)/b20-16+/t23-,24-,26-,27?/m1/s1. The van der Waals surface area contributed by atoms with Crippen LogP contribution in [-0.2, 0) is 29.4 Å². The lowest BCUT2D eigenvalue weighted by Gasteiger charge is -2.40. The summed E-state index contributed by atoms with van der Waals surface area (Å²) in [5, 5.41) is 36.1. The van der Waals surface area contributed by atoms with Gasteiger partial charge in [-0.3, -0.25) is 19.2 Å². The Kier molecular flexibility index (Phi) is 13.9. The average molecular weight is 628 g/mol. The van der Waals surface area contributed by atoms with Crippen LogP contribution in [-0.4, -0.2) is 83.0 Å². The van der Waals surface area contributed by atoms with E-state index < -0.39 is 65.2 Å². The van der Waals surface area contributed by atoms with E-state index in [4.69, 9.17) is 5.11 Å². The van der Waals surface area contributed by atoms with E-state index in [1.54, 1.807) is 38.4 Å². The maximum absolute atomic E-state index is 14.0. The Balaban J connectivity index is 3.32. The van der Waals surface area contributed by atoms with Crippen LogP contribution in [0, 0.1) is 22.7 Å². The van der Waals surface area contributed by atoms with Crippen LogP contribution in [0.4, 0.5) is 0 Å². The van der Waals surface area contributed by atoms with Crippen molar-refractivity contribution >= 4 is 29.7 Å². The van der Waals surface area contributed by atoms with Crippen LogP contribution in [0.2, 0.25) is 0 Å². The second-order valence-electron chi connectivity index (χ2n) is 13.3. The number of nitriles is 1. The average Bonchev–Trinajstić information content (AvgIpc) is 2.94. The highest BCUT2D eigenvalue weighted by atomic mass is 16.4. The predicted molar refractivity (Wildman–Crippen MR) is 170 cm³/mol. The van der Waals surface area contributed by atoms with Crippen molar-refractivity contribution in [3.05, 3.63) is 47.0 Å². The molecule has 12 heteroatoms. The number of nitrogens with zero attached hydrogens (tertiary/aromatic N) is 2. The molecule has 0 radical (unpaired) electrons. The minimum atomic E-state index is -1.39. The summed E-state index contributed by atoms with van der Waals surface area (Å²) in [6.45, 7) is 14.5. The molecule has 0 spiro atoms. The summed E-state index contributed by atoms with van der Waals surface area (Å²) in [6, 6.07) is 5.45. The van der Waals surface area contributed by atoms with Gasteiger partial charge in [0.1, 0.15) is 12.1 Å². The Labute approximate surface area is 266 Å². The molecule has 248 valence electrons. The van der Waals surface area contributed by atoms with E-state index in [0.717, 1.165) is 5.56 Å². The van der Waals surface area contributed by atoms with Crippen molar-refractivity contribution in [1.29, 1.82) is 5.26 Å². The van der Waals surface area contributed by atoms with Crippen LogP contribution in [0.1, 0.15) is 79.4 Å². The quantitative estimate of drug-likeness (QED) is 0.182. The fourth-order valence-electron chi connectivity index (χ4n) is 5.08. The molecule has 0 aromatic heterocycles. The fraction of sp³-hybridized carbons (Fsp3) is 0.576. The molecule has 0 fully saturated rings. The number of aliphatic carboxylic acids is 2. The van der Waals surface area contributed by atoms with Crippen LogP contribution < -0.4 is 16.0 Å². The lowest BCUT2D eigenvalue weighted by Crippen LogP contribution is -2.61. The molecule has 0 aliphatic rings. The fourth-order valence-corrected chi connectivity index (χ4v) is 5.08. The van der Waals surface area contributed by atoms with Crippen LogP contribution >= 0.6 is 0 Å². The maximum atomic E-state index is 14.0. The zero-order valence-electron chi connectivity index (χ0n) is 28.0. The smallest absolute Gasteiger partial charge is 0.326 e. The van der Waals surface area contributed by atoms with Gasteiger partial charge in [0.25, 0.3) is 0 Å². The molecular formula is C33H49N5O7. The maximum Gasteiger partial charge on any atom is 0.326 e. The van der Waals surface area contributed by atoms with E-state index in [1.807, 2.05) is 54.5 Å². The number of carbonyl (C=O) groups is 5. The summed E-state index contributed by atoms with van der Waals surface area (Å²) in [5.74, 6) is -4.19. The Morgan fingerprint density at radius 3 is 2.09 bits per heavy atom. The number of likely N-dealkylation sites (N-methyl/N-ethyl adjacent to an activating group) is 2. The molecule has 1 aromatic carbocycles. The molecule has 0 aliphatic carbocycles. The van der Waals surface area contributed by atoms with Gasteiger partial charge in [-0.05, 0) is 49.4 Å². The van der Waals surface area contributed by atoms with Gasteiger partial charge < -0.3 is 31.1 Å². The van der Waals surface area contributed by atoms with Crippen LogP contribution in [0.25, 0.3) is 0 Å². The van der Waals surface area contributed by atoms with Gasteiger partial charge in [0.15, 0.2) is 0 Å². The molecule has 1 rings (SSSR count). The lowest BCUT2D eigenvalue weighted by molar-refractivity contribution is -0.142. The summed E-state index contributed by atoms with van der Waals surface area (Å²) < 4.78 is 0. The molecule has 1 unspecified atom stereocenters. The SMILES string of the molecule is CN[C@H](C(=O)NC(C(=O)N(C)[C@H](/C=C(\C)C(=O)N[C@H](CCC(=O)O)C(=O)O)C(C)C)C(C)(C)C)C(C)(C)c1cccc(C#N)c1. The van der Waals surface area contributed by atoms with Crippen molar-refractivity contribution in [3.63, 3.8) is 0 Å². The van der Waals surface area contributed by atoms with E-state index in [2.05, 4.69) is 22.0 Å². The van der Waals surface area contributed by atoms with E-state index in [1.165, 1.54) is 11.8 Å². The first kappa shape index (κ1) is 38.8. The normalized spacial score (nSPS) is 14.8. The Bertz CT molecular complexity index is 1320. The van der Waals surface area contributed by atoms with Crippen molar-refractivity contribution in [3.8, 4) is 6.07 Å². The summed E-state index contributed by atoms with van der Waals surface area (Å²) in [6.07, 6.45) is 0.859.